The van der Waals surface area contributed by atoms with Crippen LogP contribution in [0.5, 0.6) is 0 Å². The van der Waals surface area contributed by atoms with E-state index in [1.165, 1.54) is 25.7 Å². The Labute approximate surface area is 118 Å². The minimum Gasteiger partial charge on any atom is -0.355 e. The second-order valence-electron chi connectivity index (χ2n) is 5.43. The lowest BCUT2D eigenvalue weighted by Gasteiger charge is -2.36. The van der Waals surface area contributed by atoms with E-state index in [2.05, 4.69) is 57.8 Å². The number of anilines is 1. The van der Waals surface area contributed by atoms with Crippen molar-refractivity contribution in [2.24, 2.45) is 0 Å². The molecule has 1 heterocycles. The van der Waals surface area contributed by atoms with Crippen molar-refractivity contribution < 1.29 is 0 Å². The highest BCUT2D eigenvalue weighted by atomic mass is 79.9. The van der Waals surface area contributed by atoms with Crippen LogP contribution in [0, 0.1) is 0 Å². The van der Waals surface area contributed by atoms with Crippen molar-refractivity contribution in [3.05, 3.63) is 18.1 Å². The van der Waals surface area contributed by atoms with Crippen LogP contribution in [-0.4, -0.2) is 27.9 Å². The lowest BCUT2D eigenvalue weighted by Crippen LogP contribution is -2.41. The zero-order chi connectivity index (χ0) is 13.1. The maximum Gasteiger partial charge on any atom is 0.132 e. The van der Waals surface area contributed by atoms with Gasteiger partial charge in [-0.05, 0) is 18.8 Å². The second-order valence-corrected chi connectivity index (χ2v) is 6.61. The van der Waals surface area contributed by atoms with Crippen molar-refractivity contribution in [3.8, 4) is 0 Å². The zero-order valence-electron chi connectivity index (χ0n) is 11.4. The summed E-state index contributed by atoms with van der Waals surface area (Å²) in [7, 11) is 2.15. The van der Waals surface area contributed by atoms with Gasteiger partial charge in [0.05, 0.1) is 0 Å². The fourth-order valence-corrected chi connectivity index (χ4v) is 3.49. The van der Waals surface area contributed by atoms with Crippen molar-refractivity contribution in [3.63, 3.8) is 0 Å². The molecule has 0 N–H and O–H groups in total. The van der Waals surface area contributed by atoms with E-state index in [1.807, 2.05) is 0 Å². The normalized spacial score (nSPS) is 24.3. The van der Waals surface area contributed by atoms with Gasteiger partial charge < -0.3 is 4.90 Å². The topological polar surface area (TPSA) is 29.0 Å². The van der Waals surface area contributed by atoms with Crippen LogP contribution in [0.25, 0.3) is 0 Å². The number of halogens is 1. The molecule has 2 rings (SSSR count). The Morgan fingerprint density at radius 1 is 1.28 bits per heavy atom. The highest BCUT2D eigenvalue weighted by molar-refractivity contribution is 9.09. The first-order chi connectivity index (χ1) is 8.59. The van der Waals surface area contributed by atoms with Gasteiger partial charge in [-0.3, -0.25) is 0 Å². The average Bonchev–Trinajstić information content (AvgIpc) is 2.38. The Morgan fingerprint density at radius 2 is 2.00 bits per heavy atom. The van der Waals surface area contributed by atoms with E-state index in [9.17, 15) is 0 Å². The van der Waals surface area contributed by atoms with Gasteiger partial charge in [0.25, 0.3) is 0 Å². The van der Waals surface area contributed by atoms with Gasteiger partial charge in [-0.15, -0.1) is 0 Å². The quantitative estimate of drug-likeness (QED) is 0.796. The maximum absolute atomic E-state index is 4.43. The Balaban J connectivity index is 2.16. The number of alkyl halides is 1. The molecule has 0 aliphatic heterocycles. The summed E-state index contributed by atoms with van der Waals surface area (Å²) in [6.45, 7) is 4.33. The minimum absolute atomic E-state index is 0.450. The molecular weight excluding hydrogens is 290 g/mol. The average molecular weight is 312 g/mol. The number of rotatable bonds is 3. The van der Waals surface area contributed by atoms with Crippen LogP contribution in [0.4, 0.5) is 5.82 Å². The Kier molecular flexibility index (Phi) is 4.60. The van der Waals surface area contributed by atoms with Crippen LogP contribution < -0.4 is 4.90 Å². The molecule has 0 amide bonds. The summed E-state index contributed by atoms with van der Waals surface area (Å²) in [6.07, 6.45) is 6.85. The molecule has 0 aromatic carbocycles. The second kappa shape index (κ2) is 6.00. The van der Waals surface area contributed by atoms with Crippen LogP contribution in [0.1, 0.15) is 51.1 Å². The van der Waals surface area contributed by atoms with E-state index < -0.39 is 0 Å². The molecule has 1 saturated carbocycles. The maximum atomic E-state index is 4.43. The van der Waals surface area contributed by atoms with E-state index >= 15 is 0 Å². The smallest absolute Gasteiger partial charge is 0.132 e. The summed E-state index contributed by atoms with van der Waals surface area (Å²) in [5.74, 6) is 1.50. The predicted molar refractivity (Wildman–Crippen MR) is 79.5 cm³/mol. The fourth-order valence-electron chi connectivity index (χ4n) is 2.54. The van der Waals surface area contributed by atoms with Crippen molar-refractivity contribution in [1.29, 1.82) is 0 Å². The first kappa shape index (κ1) is 13.8. The third kappa shape index (κ3) is 3.02. The third-order valence-corrected chi connectivity index (χ3v) is 4.84. The first-order valence-corrected chi connectivity index (χ1v) is 7.70. The third-order valence-electron chi connectivity index (χ3n) is 3.77. The molecular formula is C14H22BrN3. The molecule has 0 saturated heterocycles. The SMILES string of the molecule is CC(C)c1cc(N(C)C2CCCCC2Br)ncn1. The van der Waals surface area contributed by atoms with Crippen molar-refractivity contribution in [1.82, 2.24) is 9.97 Å². The van der Waals surface area contributed by atoms with Crippen LogP contribution in [0.2, 0.25) is 0 Å². The van der Waals surface area contributed by atoms with E-state index in [0.717, 1.165) is 11.5 Å². The summed E-state index contributed by atoms with van der Waals surface area (Å²) < 4.78 is 0. The summed E-state index contributed by atoms with van der Waals surface area (Å²) in [5, 5.41) is 0. The largest absolute Gasteiger partial charge is 0.355 e. The Bertz CT molecular complexity index is 394. The van der Waals surface area contributed by atoms with Gasteiger partial charge in [-0.1, -0.05) is 42.6 Å². The van der Waals surface area contributed by atoms with Crippen LogP contribution in [0.15, 0.2) is 12.4 Å². The van der Waals surface area contributed by atoms with Crippen LogP contribution >= 0.6 is 15.9 Å². The summed E-state index contributed by atoms with van der Waals surface area (Å²) >= 11 is 3.81. The van der Waals surface area contributed by atoms with E-state index in [4.69, 9.17) is 0 Å². The van der Waals surface area contributed by atoms with Crippen molar-refractivity contribution in [2.75, 3.05) is 11.9 Å². The molecule has 1 aliphatic carbocycles. The molecule has 1 fully saturated rings. The number of hydrogen-bond acceptors (Lipinski definition) is 3. The highest BCUT2D eigenvalue weighted by Crippen LogP contribution is 2.30. The molecule has 100 valence electrons. The van der Waals surface area contributed by atoms with E-state index in [1.54, 1.807) is 6.33 Å². The van der Waals surface area contributed by atoms with E-state index in [-0.39, 0.29) is 0 Å². The standard InChI is InChI=1S/C14H22BrN3/c1-10(2)12-8-14(17-9-16-12)18(3)13-7-5-4-6-11(13)15/h8-11,13H,4-7H2,1-3H3. The van der Waals surface area contributed by atoms with Crippen LogP contribution in [-0.2, 0) is 0 Å². The lowest BCUT2D eigenvalue weighted by molar-refractivity contribution is 0.442. The Morgan fingerprint density at radius 3 is 2.67 bits per heavy atom. The van der Waals surface area contributed by atoms with Crippen LogP contribution in [0.3, 0.4) is 0 Å². The summed E-state index contributed by atoms with van der Waals surface area (Å²) in [6, 6.07) is 2.67. The van der Waals surface area contributed by atoms with Gasteiger partial charge in [0.15, 0.2) is 0 Å². The number of aromatic nitrogens is 2. The van der Waals surface area contributed by atoms with E-state index in [0.29, 0.717) is 16.8 Å². The van der Waals surface area contributed by atoms with Gasteiger partial charge in [-0.25, -0.2) is 9.97 Å². The van der Waals surface area contributed by atoms with Gasteiger partial charge >= 0.3 is 0 Å². The lowest BCUT2D eigenvalue weighted by atomic mass is 9.94. The van der Waals surface area contributed by atoms with Gasteiger partial charge in [-0.2, -0.15) is 0 Å². The van der Waals surface area contributed by atoms with Gasteiger partial charge in [0, 0.05) is 29.7 Å². The molecule has 3 nitrogen and oxygen atoms in total. The Hall–Kier alpha value is -0.640. The minimum atomic E-state index is 0.450. The summed E-state index contributed by atoms with van der Waals surface area (Å²) in [5.41, 5.74) is 1.12. The van der Waals surface area contributed by atoms with Gasteiger partial charge in [0.2, 0.25) is 0 Å². The van der Waals surface area contributed by atoms with Crippen molar-refractivity contribution >= 4 is 21.7 Å². The molecule has 2 unspecified atom stereocenters. The highest BCUT2D eigenvalue weighted by Gasteiger charge is 2.27. The first-order valence-electron chi connectivity index (χ1n) is 6.78. The molecule has 4 heteroatoms. The molecule has 2 atom stereocenters. The molecule has 1 aromatic heterocycles. The fraction of sp³-hybridized carbons (Fsp3) is 0.714. The van der Waals surface area contributed by atoms with Crippen molar-refractivity contribution in [2.45, 2.75) is 56.3 Å². The molecule has 18 heavy (non-hydrogen) atoms. The molecule has 0 spiro atoms. The summed E-state index contributed by atoms with van der Waals surface area (Å²) in [4.78, 5) is 11.7. The molecule has 0 radical (unpaired) electrons. The van der Waals surface area contributed by atoms with Gasteiger partial charge in [0.1, 0.15) is 12.1 Å². The number of nitrogens with zero attached hydrogens (tertiary/aromatic N) is 3. The molecule has 1 aromatic rings. The molecule has 1 aliphatic rings. The monoisotopic (exact) mass is 311 g/mol. The number of hydrogen-bond donors (Lipinski definition) is 0. The predicted octanol–water partition coefficient (Wildman–Crippen LogP) is 3.74. The zero-order valence-corrected chi connectivity index (χ0v) is 13.0. The molecule has 0 bridgehead atoms.